The maximum absolute atomic E-state index is 13.2. The molecule has 5 rings (SSSR count). The van der Waals surface area contributed by atoms with E-state index < -0.39 is 11.9 Å². The first-order valence-corrected chi connectivity index (χ1v) is 9.70. The number of rotatable bonds is 3. The molecule has 0 fully saturated rings. The van der Waals surface area contributed by atoms with Crippen molar-refractivity contribution in [1.29, 1.82) is 0 Å². The van der Waals surface area contributed by atoms with E-state index in [1.807, 2.05) is 47.4 Å². The fraction of sp³-hybridized carbons (Fsp3) is 0.227. The van der Waals surface area contributed by atoms with E-state index in [9.17, 15) is 9.59 Å². The number of carbonyl (C=O) groups is 2. The topological polar surface area (TPSA) is 94.8 Å². The number of nitrogens with zero attached hydrogens (tertiary/aromatic N) is 3. The Morgan fingerprint density at radius 2 is 1.83 bits per heavy atom. The maximum Gasteiger partial charge on any atom is 0.270 e. The minimum Gasteiger partial charge on any atom is -0.368 e. The molecule has 0 aliphatic carbocycles. The predicted molar refractivity (Wildman–Crippen MR) is 111 cm³/mol. The van der Waals surface area contributed by atoms with Crippen LogP contribution in [0.15, 0.2) is 59.7 Å². The van der Waals surface area contributed by atoms with Gasteiger partial charge in [0.25, 0.3) is 5.91 Å². The van der Waals surface area contributed by atoms with E-state index >= 15 is 0 Å². The molecule has 2 amide bonds. The van der Waals surface area contributed by atoms with Crippen molar-refractivity contribution in [2.24, 2.45) is 10.8 Å². The van der Waals surface area contributed by atoms with Crippen LogP contribution in [0.4, 0.5) is 5.69 Å². The van der Waals surface area contributed by atoms with Crippen LogP contribution in [0.3, 0.4) is 0 Å². The van der Waals surface area contributed by atoms with Crippen LogP contribution in [0, 0.1) is 0 Å². The Balaban J connectivity index is 1.42. The summed E-state index contributed by atoms with van der Waals surface area (Å²) in [5.74, 6) is -0.622. The zero-order valence-corrected chi connectivity index (χ0v) is 15.8. The van der Waals surface area contributed by atoms with Gasteiger partial charge in [0.2, 0.25) is 5.91 Å². The van der Waals surface area contributed by atoms with Crippen LogP contribution in [0.5, 0.6) is 0 Å². The van der Waals surface area contributed by atoms with E-state index in [2.05, 4.69) is 22.2 Å². The van der Waals surface area contributed by atoms with Gasteiger partial charge in [0.15, 0.2) is 0 Å². The normalized spacial score (nSPS) is 18.6. The number of amides is 2. The fourth-order valence-electron chi connectivity index (χ4n) is 4.20. The number of carbonyl (C=O) groups excluding carboxylic acids is 2. The number of primary amides is 1. The van der Waals surface area contributed by atoms with Crippen molar-refractivity contribution < 1.29 is 9.59 Å². The molecular formula is C22H21N5O2. The van der Waals surface area contributed by atoms with Crippen LogP contribution < -0.4 is 10.7 Å². The van der Waals surface area contributed by atoms with Crippen LogP contribution in [-0.4, -0.2) is 40.0 Å². The van der Waals surface area contributed by atoms with Crippen molar-refractivity contribution in [3.8, 4) is 0 Å². The van der Waals surface area contributed by atoms with Gasteiger partial charge in [0, 0.05) is 48.1 Å². The average Bonchev–Trinajstić information content (AvgIpc) is 3.36. The first-order chi connectivity index (χ1) is 14.1. The van der Waals surface area contributed by atoms with Gasteiger partial charge in [-0.05, 0) is 18.2 Å². The number of aromatic amines is 1. The number of H-pyrrole nitrogens is 1. The smallest absolute Gasteiger partial charge is 0.270 e. The van der Waals surface area contributed by atoms with Crippen molar-refractivity contribution in [2.75, 3.05) is 11.6 Å². The molecule has 146 valence electrons. The van der Waals surface area contributed by atoms with Crippen LogP contribution in [0.25, 0.3) is 10.9 Å². The third-order valence-electron chi connectivity index (χ3n) is 5.68. The lowest BCUT2D eigenvalue weighted by molar-refractivity contribution is -0.125. The molecule has 0 bridgehead atoms. The van der Waals surface area contributed by atoms with Crippen molar-refractivity contribution >= 4 is 34.1 Å². The lowest BCUT2D eigenvalue weighted by atomic mass is 10.0. The van der Waals surface area contributed by atoms with Gasteiger partial charge in [-0.2, -0.15) is 5.10 Å². The van der Waals surface area contributed by atoms with Crippen molar-refractivity contribution in [3.63, 3.8) is 0 Å². The first kappa shape index (κ1) is 17.5. The molecule has 0 radical (unpaired) electrons. The highest BCUT2D eigenvalue weighted by Gasteiger charge is 2.37. The summed E-state index contributed by atoms with van der Waals surface area (Å²) in [5, 5.41) is 7.21. The highest BCUT2D eigenvalue weighted by molar-refractivity contribution is 6.40. The zero-order chi connectivity index (χ0) is 20.0. The Morgan fingerprint density at radius 1 is 1.07 bits per heavy atom. The number of nitrogens with two attached hydrogens (primary N) is 1. The third kappa shape index (κ3) is 2.95. The number of benzene rings is 2. The van der Waals surface area contributed by atoms with E-state index in [1.54, 1.807) is 5.01 Å². The summed E-state index contributed by atoms with van der Waals surface area (Å²) < 4.78 is 0. The van der Waals surface area contributed by atoms with Crippen LogP contribution in [0.1, 0.15) is 17.7 Å². The molecule has 0 saturated carbocycles. The molecule has 7 nitrogen and oxygen atoms in total. The van der Waals surface area contributed by atoms with Crippen molar-refractivity contribution in [3.05, 3.63) is 65.9 Å². The van der Waals surface area contributed by atoms with E-state index in [1.165, 1.54) is 5.69 Å². The number of fused-ring (bicyclic) bond motifs is 3. The van der Waals surface area contributed by atoms with Crippen LogP contribution >= 0.6 is 0 Å². The molecule has 1 aromatic heterocycles. The van der Waals surface area contributed by atoms with Gasteiger partial charge in [-0.25, -0.2) is 0 Å². The lowest BCUT2D eigenvalue weighted by Crippen LogP contribution is -2.41. The summed E-state index contributed by atoms with van der Waals surface area (Å²) in [6.07, 6.45) is 0.991. The second-order valence-electron chi connectivity index (χ2n) is 7.45. The number of anilines is 1. The van der Waals surface area contributed by atoms with Gasteiger partial charge in [0.1, 0.15) is 11.8 Å². The number of hydrogen-bond acceptors (Lipinski definition) is 4. The highest BCUT2D eigenvalue weighted by Crippen LogP contribution is 2.29. The molecule has 3 aromatic rings. The zero-order valence-electron chi connectivity index (χ0n) is 15.8. The van der Waals surface area contributed by atoms with Gasteiger partial charge in [-0.1, -0.05) is 36.4 Å². The molecular weight excluding hydrogens is 366 g/mol. The number of para-hydroxylation sites is 2. The van der Waals surface area contributed by atoms with Gasteiger partial charge < -0.3 is 15.6 Å². The van der Waals surface area contributed by atoms with E-state index in [0.29, 0.717) is 18.8 Å². The number of hydrogen-bond donors (Lipinski definition) is 2. The summed E-state index contributed by atoms with van der Waals surface area (Å²) in [5.41, 5.74) is 10.2. The molecule has 0 saturated heterocycles. The number of hydrazone groups is 1. The Kier molecular flexibility index (Phi) is 4.08. The standard InChI is InChI=1S/C22H21N5O2/c23-21(28)20-12-19(25-27(20)14-6-2-1-3-7-14)22(29)26-11-10-18-16(13-26)15-8-4-5-9-17(15)24-18/h1-9,20,24H,10-13H2,(H2,23,28)/t20-/m1/s1. The summed E-state index contributed by atoms with van der Waals surface area (Å²) in [6, 6.07) is 16.8. The fourth-order valence-corrected chi connectivity index (χ4v) is 4.20. The van der Waals surface area contributed by atoms with Gasteiger partial charge >= 0.3 is 0 Å². The van der Waals surface area contributed by atoms with E-state index in [4.69, 9.17) is 5.73 Å². The second-order valence-corrected chi connectivity index (χ2v) is 7.45. The lowest BCUT2D eigenvalue weighted by Gasteiger charge is -2.27. The Morgan fingerprint density at radius 3 is 2.62 bits per heavy atom. The Labute approximate surface area is 167 Å². The summed E-state index contributed by atoms with van der Waals surface area (Å²) >= 11 is 0. The third-order valence-corrected chi connectivity index (χ3v) is 5.68. The molecule has 29 heavy (non-hydrogen) atoms. The molecule has 7 heteroatoms. The average molecular weight is 387 g/mol. The minimum atomic E-state index is -0.648. The van der Waals surface area contributed by atoms with Gasteiger partial charge in [0.05, 0.1) is 5.69 Å². The molecule has 2 aromatic carbocycles. The summed E-state index contributed by atoms with van der Waals surface area (Å²) in [7, 11) is 0. The first-order valence-electron chi connectivity index (χ1n) is 9.70. The summed E-state index contributed by atoms with van der Waals surface area (Å²) in [4.78, 5) is 30.5. The quantitative estimate of drug-likeness (QED) is 0.721. The molecule has 0 spiro atoms. The molecule has 3 heterocycles. The SMILES string of the molecule is NC(=O)[C@H]1CC(C(=O)N2CCc3[nH]c4ccccc4c3C2)=NN1c1ccccc1. The molecule has 0 unspecified atom stereocenters. The predicted octanol–water partition coefficient (Wildman–Crippen LogP) is 2.17. The molecule has 2 aliphatic rings. The van der Waals surface area contributed by atoms with Gasteiger partial charge in [-0.3, -0.25) is 14.6 Å². The van der Waals surface area contributed by atoms with Gasteiger partial charge in [-0.15, -0.1) is 0 Å². The summed E-state index contributed by atoms with van der Waals surface area (Å²) in [6.45, 7) is 1.15. The van der Waals surface area contributed by atoms with Crippen molar-refractivity contribution in [2.45, 2.75) is 25.4 Å². The molecule has 1 atom stereocenters. The highest BCUT2D eigenvalue weighted by atomic mass is 16.2. The Bertz CT molecular complexity index is 1130. The largest absolute Gasteiger partial charge is 0.368 e. The molecule has 2 aliphatic heterocycles. The van der Waals surface area contributed by atoms with Crippen LogP contribution in [0.2, 0.25) is 0 Å². The number of nitrogens with one attached hydrogen (secondary N) is 1. The monoisotopic (exact) mass is 387 g/mol. The van der Waals surface area contributed by atoms with E-state index in [-0.39, 0.29) is 12.3 Å². The number of aromatic nitrogens is 1. The van der Waals surface area contributed by atoms with Crippen molar-refractivity contribution in [1.82, 2.24) is 9.88 Å². The molecule has 3 N–H and O–H groups in total. The Hall–Kier alpha value is -3.61. The second kappa shape index (κ2) is 6.77. The maximum atomic E-state index is 13.2. The minimum absolute atomic E-state index is 0.134. The van der Waals surface area contributed by atoms with Crippen LogP contribution in [-0.2, 0) is 22.6 Å². The van der Waals surface area contributed by atoms with E-state index in [0.717, 1.165) is 28.6 Å².